The predicted molar refractivity (Wildman–Crippen MR) is 80.4 cm³/mol. The average Bonchev–Trinajstić information content (AvgIpc) is 2.42. The van der Waals surface area contributed by atoms with Gasteiger partial charge in [-0.1, -0.05) is 32.1 Å². The number of methoxy groups -OCH3 is 1. The molecule has 0 heterocycles. The highest BCUT2D eigenvalue weighted by Crippen LogP contribution is 2.29. The molecule has 0 radical (unpaired) electrons. The number of rotatable bonds is 5. The van der Waals surface area contributed by atoms with Crippen LogP contribution < -0.4 is 10.1 Å². The van der Waals surface area contributed by atoms with Crippen molar-refractivity contribution in [2.45, 2.75) is 38.5 Å². The molecule has 0 spiro atoms. The van der Waals surface area contributed by atoms with Crippen molar-refractivity contribution < 1.29 is 4.74 Å². The third-order valence-electron chi connectivity index (χ3n) is 3.76. The van der Waals surface area contributed by atoms with Gasteiger partial charge in [0.15, 0.2) is 0 Å². The third kappa shape index (κ3) is 3.91. The van der Waals surface area contributed by atoms with E-state index in [4.69, 9.17) is 4.74 Å². The fourth-order valence-electron chi connectivity index (χ4n) is 2.67. The quantitative estimate of drug-likeness (QED) is 0.840. The van der Waals surface area contributed by atoms with Crippen LogP contribution in [0.3, 0.4) is 0 Å². The highest BCUT2D eigenvalue weighted by Gasteiger charge is 2.12. The molecule has 0 bridgehead atoms. The lowest BCUT2D eigenvalue weighted by Crippen LogP contribution is -2.12. The minimum Gasteiger partial charge on any atom is -0.495 e. The second-order valence-corrected chi connectivity index (χ2v) is 5.92. The van der Waals surface area contributed by atoms with Gasteiger partial charge in [0.1, 0.15) is 5.75 Å². The van der Waals surface area contributed by atoms with Crippen LogP contribution in [0.5, 0.6) is 5.75 Å². The first-order valence-corrected chi connectivity index (χ1v) is 7.66. The molecule has 1 aliphatic carbocycles. The van der Waals surface area contributed by atoms with Crippen molar-refractivity contribution in [3.05, 3.63) is 22.7 Å². The van der Waals surface area contributed by atoms with Crippen molar-refractivity contribution in [3.63, 3.8) is 0 Å². The number of nitrogens with one attached hydrogen (secondary N) is 1. The van der Waals surface area contributed by atoms with E-state index in [1.165, 1.54) is 38.5 Å². The van der Waals surface area contributed by atoms with Gasteiger partial charge >= 0.3 is 0 Å². The van der Waals surface area contributed by atoms with Gasteiger partial charge in [-0.15, -0.1) is 0 Å². The van der Waals surface area contributed by atoms with E-state index in [9.17, 15) is 0 Å². The Morgan fingerprint density at radius 2 is 2.06 bits per heavy atom. The van der Waals surface area contributed by atoms with Crippen LogP contribution in [0.2, 0.25) is 0 Å². The maximum Gasteiger partial charge on any atom is 0.135 e. The molecule has 3 heteroatoms. The van der Waals surface area contributed by atoms with Crippen molar-refractivity contribution >= 4 is 21.6 Å². The monoisotopic (exact) mass is 311 g/mol. The minimum atomic E-state index is 0.887. The molecule has 1 fully saturated rings. The molecule has 1 aromatic rings. The minimum absolute atomic E-state index is 0.887. The number of benzene rings is 1. The molecule has 2 nitrogen and oxygen atoms in total. The molecule has 0 unspecified atom stereocenters. The maximum atomic E-state index is 5.30. The van der Waals surface area contributed by atoms with Gasteiger partial charge in [-0.2, -0.15) is 0 Å². The smallest absolute Gasteiger partial charge is 0.135 e. The Labute approximate surface area is 118 Å². The van der Waals surface area contributed by atoms with Crippen LogP contribution in [0, 0.1) is 5.92 Å². The Morgan fingerprint density at radius 3 is 2.78 bits per heavy atom. The highest BCUT2D eigenvalue weighted by atomic mass is 79.9. The van der Waals surface area contributed by atoms with Gasteiger partial charge in [-0.05, 0) is 40.4 Å². The molecule has 1 saturated carbocycles. The summed E-state index contributed by atoms with van der Waals surface area (Å²) in [5, 5.41) is 3.49. The van der Waals surface area contributed by atoms with Crippen LogP contribution in [0.15, 0.2) is 22.7 Å². The van der Waals surface area contributed by atoms with Crippen LogP contribution in [0.4, 0.5) is 5.69 Å². The molecule has 0 atom stereocenters. The normalized spacial score (nSPS) is 16.6. The van der Waals surface area contributed by atoms with Gasteiger partial charge in [0.2, 0.25) is 0 Å². The van der Waals surface area contributed by atoms with Gasteiger partial charge in [0, 0.05) is 18.3 Å². The molecule has 1 aromatic carbocycles. The van der Waals surface area contributed by atoms with E-state index in [2.05, 4.69) is 27.3 Å². The lowest BCUT2D eigenvalue weighted by Gasteiger charge is -2.21. The molecule has 1 aliphatic rings. The van der Waals surface area contributed by atoms with Crippen molar-refractivity contribution in [2.24, 2.45) is 5.92 Å². The van der Waals surface area contributed by atoms with E-state index in [-0.39, 0.29) is 0 Å². The number of hydrogen-bond donors (Lipinski definition) is 1. The lowest BCUT2D eigenvalue weighted by atomic mass is 9.87. The Morgan fingerprint density at radius 1 is 1.28 bits per heavy atom. The number of hydrogen-bond acceptors (Lipinski definition) is 2. The summed E-state index contributed by atoms with van der Waals surface area (Å²) in [4.78, 5) is 0. The van der Waals surface area contributed by atoms with E-state index in [1.807, 2.05) is 12.1 Å². The van der Waals surface area contributed by atoms with Gasteiger partial charge in [-0.25, -0.2) is 0 Å². The average molecular weight is 312 g/mol. The maximum absolute atomic E-state index is 5.30. The first-order chi connectivity index (χ1) is 8.79. The molecule has 0 saturated heterocycles. The summed E-state index contributed by atoms with van der Waals surface area (Å²) in [6, 6.07) is 6.17. The van der Waals surface area contributed by atoms with Crippen molar-refractivity contribution in [1.82, 2.24) is 0 Å². The van der Waals surface area contributed by atoms with E-state index < -0.39 is 0 Å². The predicted octanol–water partition coefficient (Wildman–Crippen LogP) is 4.84. The second kappa shape index (κ2) is 7.03. The molecule has 0 aromatic heterocycles. The fourth-order valence-corrected chi connectivity index (χ4v) is 3.07. The Balaban J connectivity index is 1.79. The SMILES string of the molecule is COc1cc(NCCC2CCCCC2)ccc1Br. The van der Waals surface area contributed by atoms with Crippen LogP contribution in [-0.2, 0) is 0 Å². The van der Waals surface area contributed by atoms with Crippen molar-refractivity contribution in [2.75, 3.05) is 19.0 Å². The van der Waals surface area contributed by atoms with E-state index in [0.717, 1.165) is 28.4 Å². The highest BCUT2D eigenvalue weighted by molar-refractivity contribution is 9.10. The molecule has 2 rings (SSSR count). The number of anilines is 1. The van der Waals surface area contributed by atoms with Crippen LogP contribution in [-0.4, -0.2) is 13.7 Å². The third-order valence-corrected chi connectivity index (χ3v) is 4.41. The summed E-state index contributed by atoms with van der Waals surface area (Å²) in [5.74, 6) is 1.82. The Hall–Kier alpha value is -0.700. The van der Waals surface area contributed by atoms with Crippen LogP contribution in [0.1, 0.15) is 38.5 Å². The first-order valence-electron chi connectivity index (χ1n) is 6.87. The van der Waals surface area contributed by atoms with E-state index >= 15 is 0 Å². The Kier molecular flexibility index (Phi) is 5.36. The number of halogens is 1. The zero-order chi connectivity index (χ0) is 12.8. The second-order valence-electron chi connectivity index (χ2n) is 5.07. The summed E-state index contributed by atoms with van der Waals surface area (Å²) in [7, 11) is 1.70. The zero-order valence-electron chi connectivity index (χ0n) is 11.0. The largest absolute Gasteiger partial charge is 0.495 e. The van der Waals surface area contributed by atoms with E-state index in [0.29, 0.717) is 0 Å². The topological polar surface area (TPSA) is 21.3 Å². The summed E-state index contributed by atoms with van der Waals surface area (Å²) >= 11 is 3.47. The van der Waals surface area contributed by atoms with Gasteiger partial charge in [0.25, 0.3) is 0 Å². The summed E-state index contributed by atoms with van der Waals surface area (Å²) in [6.45, 7) is 1.06. The standard InChI is InChI=1S/C15H22BrNO/c1-18-15-11-13(7-8-14(15)16)17-10-9-12-5-3-2-4-6-12/h7-8,11-12,17H,2-6,9-10H2,1H3. The lowest BCUT2D eigenvalue weighted by molar-refractivity contribution is 0.345. The van der Waals surface area contributed by atoms with Gasteiger partial charge in [0.05, 0.1) is 11.6 Å². The molecule has 18 heavy (non-hydrogen) atoms. The summed E-state index contributed by atoms with van der Waals surface area (Å²) in [6.07, 6.45) is 8.43. The summed E-state index contributed by atoms with van der Waals surface area (Å²) < 4.78 is 6.30. The molecule has 0 amide bonds. The van der Waals surface area contributed by atoms with Gasteiger partial charge < -0.3 is 10.1 Å². The van der Waals surface area contributed by atoms with Crippen LogP contribution in [0.25, 0.3) is 0 Å². The van der Waals surface area contributed by atoms with Crippen molar-refractivity contribution in [3.8, 4) is 5.75 Å². The molecule has 0 aliphatic heterocycles. The molecule has 100 valence electrons. The molecular weight excluding hydrogens is 290 g/mol. The zero-order valence-corrected chi connectivity index (χ0v) is 12.6. The summed E-state index contributed by atoms with van der Waals surface area (Å²) in [5.41, 5.74) is 1.14. The van der Waals surface area contributed by atoms with Gasteiger partial charge in [-0.3, -0.25) is 0 Å². The fraction of sp³-hybridized carbons (Fsp3) is 0.600. The Bertz CT molecular complexity index is 375. The number of ether oxygens (including phenoxy) is 1. The van der Waals surface area contributed by atoms with Crippen LogP contribution >= 0.6 is 15.9 Å². The molecule has 1 N–H and O–H groups in total. The molecular formula is C15H22BrNO. The van der Waals surface area contributed by atoms with E-state index in [1.54, 1.807) is 7.11 Å². The van der Waals surface area contributed by atoms with Crippen molar-refractivity contribution in [1.29, 1.82) is 0 Å². The first kappa shape index (κ1) is 13.7.